The molecule has 0 aromatic carbocycles. The number of aromatic nitrogens is 4. The van der Waals surface area contributed by atoms with E-state index in [0.717, 1.165) is 34.4 Å². The first kappa shape index (κ1) is 12.8. The lowest BCUT2D eigenvalue weighted by Crippen LogP contribution is -2.14. The van der Waals surface area contributed by atoms with Crippen LogP contribution in [0.3, 0.4) is 0 Å². The van der Waals surface area contributed by atoms with Gasteiger partial charge in [0.1, 0.15) is 28.4 Å². The number of hydrogen-bond donors (Lipinski definition) is 2. The molecule has 0 atom stereocenters. The zero-order chi connectivity index (χ0) is 14.1. The van der Waals surface area contributed by atoms with Crippen LogP contribution >= 0.6 is 11.8 Å². The summed E-state index contributed by atoms with van der Waals surface area (Å²) in [7, 11) is 0. The van der Waals surface area contributed by atoms with E-state index in [1.807, 2.05) is 12.1 Å². The van der Waals surface area contributed by atoms with Crippen LogP contribution in [0, 0.1) is 0 Å². The van der Waals surface area contributed by atoms with Crippen molar-refractivity contribution in [1.82, 2.24) is 25.3 Å². The van der Waals surface area contributed by atoms with E-state index in [9.17, 15) is 0 Å². The molecule has 6 nitrogen and oxygen atoms in total. The third-order valence-electron chi connectivity index (χ3n) is 3.40. The summed E-state index contributed by atoms with van der Waals surface area (Å²) in [6.07, 6.45) is 5.76. The first-order valence-corrected chi connectivity index (χ1v) is 7.95. The number of aromatic amines is 1. The molecular formula is C14H15N5OS. The van der Waals surface area contributed by atoms with Crippen LogP contribution in [0.4, 0.5) is 0 Å². The van der Waals surface area contributed by atoms with Gasteiger partial charge in [-0.3, -0.25) is 0 Å². The zero-order valence-corrected chi connectivity index (χ0v) is 12.2. The van der Waals surface area contributed by atoms with Gasteiger partial charge >= 0.3 is 0 Å². The molecule has 0 bridgehead atoms. The lowest BCUT2D eigenvalue weighted by atomic mass is 10.4. The number of hydrogen-bond acceptors (Lipinski definition) is 6. The molecule has 0 radical (unpaired) electrons. The van der Waals surface area contributed by atoms with Crippen molar-refractivity contribution in [3.05, 3.63) is 36.3 Å². The summed E-state index contributed by atoms with van der Waals surface area (Å²) in [4.78, 5) is 15.6. The topological polar surface area (TPSA) is 79.6 Å². The van der Waals surface area contributed by atoms with Gasteiger partial charge in [-0.2, -0.15) is 0 Å². The number of rotatable bonds is 6. The SMILES string of the molecule is c1nc(SCc2ccc(CNC3CC3)o2)c2[nH]cnc2n1. The molecule has 7 heteroatoms. The van der Waals surface area contributed by atoms with E-state index in [-0.39, 0.29) is 0 Å². The molecule has 0 unspecified atom stereocenters. The van der Waals surface area contributed by atoms with Gasteiger partial charge in [0.2, 0.25) is 0 Å². The maximum atomic E-state index is 5.82. The van der Waals surface area contributed by atoms with Gasteiger partial charge in [-0.05, 0) is 25.0 Å². The second-order valence-electron chi connectivity index (χ2n) is 5.09. The minimum Gasteiger partial charge on any atom is -0.464 e. The van der Waals surface area contributed by atoms with Gasteiger partial charge in [-0.15, -0.1) is 0 Å². The summed E-state index contributed by atoms with van der Waals surface area (Å²) < 4.78 is 5.82. The van der Waals surface area contributed by atoms with E-state index < -0.39 is 0 Å². The fourth-order valence-corrected chi connectivity index (χ4v) is 2.97. The van der Waals surface area contributed by atoms with Crippen LogP contribution in [0.2, 0.25) is 0 Å². The van der Waals surface area contributed by atoms with Gasteiger partial charge in [0.25, 0.3) is 0 Å². The molecule has 1 aliphatic carbocycles. The highest BCUT2D eigenvalue weighted by atomic mass is 32.2. The van der Waals surface area contributed by atoms with Crippen molar-refractivity contribution in [2.75, 3.05) is 0 Å². The minimum absolute atomic E-state index is 0.696. The second kappa shape index (κ2) is 5.50. The molecule has 0 spiro atoms. The third kappa shape index (κ3) is 2.93. The maximum absolute atomic E-state index is 5.82. The molecule has 108 valence electrons. The monoisotopic (exact) mass is 301 g/mol. The lowest BCUT2D eigenvalue weighted by molar-refractivity contribution is 0.458. The Morgan fingerprint density at radius 2 is 2.14 bits per heavy atom. The fraction of sp³-hybridized carbons (Fsp3) is 0.357. The number of fused-ring (bicyclic) bond motifs is 1. The van der Waals surface area contributed by atoms with Crippen LogP contribution in [0.5, 0.6) is 0 Å². The Morgan fingerprint density at radius 1 is 1.24 bits per heavy atom. The van der Waals surface area contributed by atoms with E-state index in [1.54, 1.807) is 24.4 Å². The molecule has 0 aliphatic heterocycles. The van der Waals surface area contributed by atoms with E-state index in [1.165, 1.54) is 12.8 Å². The van der Waals surface area contributed by atoms with Crippen molar-refractivity contribution in [3.63, 3.8) is 0 Å². The quantitative estimate of drug-likeness (QED) is 0.538. The summed E-state index contributed by atoms with van der Waals surface area (Å²) in [5.41, 5.74) is 1.57. The predicted molar refractivity (Wildman–Crippen MR) is 79.8 cm³/mol. The van der Waals surface area contributed by atoms with Crippen molar-refractivity contribution in [2.45, 2.75) is 36.2 Å². The smallest absolute Gasteiger partial charge is 0.181 e. The van der Waals surface area contributed by atoms with Gasteiger partial charge < -0.3 is 14.7 Å². The fourth-order valence-electron chi connectivity index (χ4n) is 2.12. The normalized spacial score (nSPS) is 14.9. The number of nitrogens with one attached hydrogen (secondary N) is 2. The Labute approximate surface area is 125 Å². The molecule has 1 saturated carbocycles. The molecule has 3 aromatic rings. The van der Waals surface area contributed by atoms with Crippen LogP contribution in [-0.2, 0) is 12.3 Å². The minimum atomic E-state index is 0.696. The van der Waals surface area contributed by atoms with Gasteiger partial charge in [0, 0.05) is 6.04 Å². The molecule has 4 rings (SSSR count). The van der Waals surface area contributed by atoms with E-state index in [0.29, 0.717) is 11.7 Å². The van der Waals surface area contributed by atoms with Crippen molar-refractivity contribution >= 4 is 22.9 Å². The first-order valence-electron chi connectivity index (χ1n) is 6.96. The lowest BCUT2D eigenvalue weighted by Gasteiger charge is -2.00. The van der Waals surface area contributed by atoms with Crippen LogP contribution < -0.4 is 5.32 Å². The van der Waals surface area contributed by atoms with Gasteiger partial charge in [0.15, 0.2) is 5.65 Å². The van der Waals surface area contributed by atoms with Crippen molar-refractivity contribution in [2.24, 2.45) is 0 Å². The van der Waals surface area contributed by atoms with Crippen LogP contribution in [0.1, 0.15) is 24.4 Å². The number of furan rings is 1. The molecule has 0 saturated heterocycles. The Bertz CT molecular complexity index is 749. The number of nitrogens with zero attached hydrogens (tertiary/aromatic N) is 3. The summed E-state index contributed by atoms with van der Waals surface area (Å²) in [5, 5.41) is 4.34. The highest BCUT2D eigenvalue weighted by Crippen LogP contribution is 2.26. The average Bonchev–Trinajstić information content (AvgIpc) is 3.02. The molecule has 2 N–H and O–H groups in total. The summed E-state index contributed by atoms with van der Waals surface area (Å²) in [5.74, 6) is 2.69. The Morgan fingerprint density at radius 3 is 3.05 bits per heavy atom. The summed E-state index contributed by atoms with van der Waals surface area (Å²) in [6, 6.07) is 4.77. The average molecular weight is 301 g/mol. The molecule has 1 fully saturated rings. The zero-order valence-electron chi connectivity index (χ0n) is 11.4. The van der Waals surface area contributed by atoms with Crippen molar-refractivity contribution in [3.8, 4) is 0 Å². The molecule has 1 aliphatic rings. The van der Waals surface area contributed by atoms with E-state index >= 15 is 0 Å². The van der Waals surface area contributed by atoms with Crippen LogP contribution in [0.15, 0.2) is 34.2 Å². The predicted octanol–water partition coefficient (Wildman–Crippen LogP) is 2.49. The Hall–Kier alpha value is -1.86. The molecule has 3 heterocycles. The van der Waals surface area contributed by atoms with Crippen LogP contribution in [0.25, 0.3) is 11.2 Å². The molecule has 0 amide bonds. The maximum Gasteiger partial charge on any atom is 0.181 e. The van der Waals surface area contributed by atoms with E-state index in [2.05, 4.69) is 25.3 Å². The summed E-state index contributed by atoms with van der Waals surface area (Å²) in [6.45, 7) is 0.813. The van der Waals surface area contributed by atoms with Crippen molar-refractivity contribution in [1.29, 1.82) is 0 Å². The highest BCUT2D eigenvalue weighted by Gasteiger charge is 2.20. The van der Waals surface area contributed by atoms with E-state index in [4.69, 9.17) is 4.42 Å². The number of imidazole rings is 1. The van der Waals surface area contributed by atoms with Gasteiger partial charge in [0.05, 0.1) is 18.6 Å². The van der Waals surface area contributed by atoms with Gasteiger partial charge in [-0.1, -0.05) is 11.8 Å². The standard InChI is InChI=1S/C14H15N5OS/c1-2-9(1)15-5-10-3-4-11(20-10)6-21-14-12-13(17-7-16-12)18-8-19-14/h3-4,7-9,15H,1-2,5-6H2,(H,16,17,18,19). The first-order chi connectivity index (χ1) is 10.4. The third-order valence-corrected chi connectivity index (χ3v) is 4.41. The molecule has 21 heavy (non-hydrogen) atoms. The Kier molecular flexibility index (Phi) is 3.36. The molecule has 3 aromatic heterocycles. The van der Waals surface area contributed by atoms with Crippen molar-refractivity contribution < 1.29 is 4.42 Å². The molecular weight excluding hydrogens is 286 g/mol. The van der Waals surface area contributed by atoms with Crippen LogP contribution in [-0.4, -0.2) is 26.0 Å². The largest absolute Gasteiger partial charge is 0.464 e. The Balaban J connectivity index is 1.40. The number of H-pyrrole nitrogens is 1. The summed E-state index contributed by atoms with van der Waals surface area (Å²) >= 11 is 1.62. The second-order valence-corrected chi connectivity index (χ2v) is 6.06. The number of thioether (sulfide) groups is 1. The highest BCUT2D eigenvalue weighted by molar-refractivity contribution is 7.98. The van der Waals surface area contributed by atoms with Gasteiger partial charge in [-0.25, -0.2) is 15.0 Å².